The molecule has 106 heavy (non-hydrogen) atoms. The van der Waals surface area contributed by atoms with Crippen molar-refractivity contribution in [2.75, 3.05) is 39.6 Å². The topological polar surface area (TPSA) is 237 Å². The fourth-order valence-electron chi connectivity index (χ4n) is 9.67. The van der Waals surface area contributed by atoms with Crippen LogP contribution < -0.4 is 0 Å². The van der Waals surface area contributed by atoms with Crippen molar-refractivity contribution >= 4 is 39.5 Å². The highest BCUT2D eigenvalue weighted by Crippen LogP contribution is 2.45. The van der Waals surface area contributed by atoms with E-state index in [-0.39, 0.29) is 25.7 Å². The molecule has 0 amide bonds. The second-order valence-electron chi connectivity index (χ2n) is 25.5. The van der Waals surface area contributed by atoms with E-state index in [1.807, 2.05) is 24.3 Å². The summed E-state index contributed by atoms with van der Waals surface area (Å²) < 4.78 is 68.5. The first-order valence-electron chi connectivity index (χ1n) is 39.7. The number of carbonyl (C=O) groups is 4. The number of phosphoric acid groups is 2. The first kappa shape index (κ1) is 99.9. The van der Waals surface area contributed by atoms with E-state index < -0.39 is 97.5 Å². The van der Waals surface area contributed by atoms with E-state index in [4.69, 9.17) is 37.0 Å². The summed E-state index contributed by atoms with van der Waals surface area (Å²) in [6.07, 6.45) is 94.2. The quantitative estimate of drug-likeness (QED) is 0.0169. The average molecular weight is 1520 g/mol. The molecule has 0 spiro atoms. The number of aliphatic hydroxyl groups excluding tert-OH is 1. The molecule has 0 aromatic carbocycles. The molecule has 0 saturated heterocycles. The van der Waals surface area contributed by atoms with Gasteiger partial charge in [0.1, 0.15) is 19.3 Å². The number of rotatable bonds is 72. The minimum atomic E-state index is -5.01. The second-order valence-corrected chi connectivity index (χ2v) is 28.4. The summed E-state index contributed by atoms with van der Waals surface area (Å²) >= 11 is 0. The van der Waals surface area contributed by atoms with Crippen molar-refractivity contribution in [1.82, 2.24) is 0 Å². The lowest BCUT2D eigenvalue weighted by Gasteiger charge is -2.21. The van der Waals surface area contributed by atoms with Crippen LogP contribution in [0.15, 0.2) is 194 Å². The smallest absolute Gasteiger partial charge is 0.462 e. The molecule has 0 aromatic rings. The molecule has 19 heteroatoms. The van der Waals surface area contributed by atoms with Gasteiger partial charge in [-0.25, -0.2) is 9.13 Å². The number of phosphoric ester groups is 2. The zero-order valence-electron chi connectivity index (χ0n) is 65.3. The number of ether oxygens (including phenoxy) is 4. The van der Waals surface area contributed by atoms with Crippen LogP contribution in [0.3, 0.4) is 0 Å². The number of aliphatic hydroxyl groups is 1. The summed E-state index contributed by atoms with van der Waals surface area (Å²) in [7, 11) is -10.0. The van der Waals surface area contributed by atoms with Gasteiger partial charge in [0.25, 0.3) is 0 Å². The Balaban J connectivity index is 5.51. The third-order valence-corrected chi connectivity index (χ3v) is 17.4. The van der Waals surface area contributed by atoms with Gasteiger partial charge in [0.05, 0.1) is 26.4 Å². The van der Waals surface area contributed by atoms with Crippen molar-refractivity contribution in [3.8, 4) is 0 Å². The number of hydrogen-bond donors (Lipinski definition) is 3. The molecule has 3 N–H and O–H groups in total. The first-order chi connectivity index (χ1) is 51.7. The molecular formula is C87H138O17P2. The van der Waals surface area contributed by atoms with Crippen LogP contribution in [0.1, 0.15) is 272 Å². The van der Waals surface area contributed by atoms with Crippen LogP contribution in [0.5, 0.6) is 0 Å². The largest absolute Gasteiger partial charge is 0.472 e. The molecule has 0 bridgehead atoms. The zero-order chi connectivity index (χ0) is 77.4. The van der Waals surface area contributed by atoms with Crippen molar-refractivity contribution in [2.24, 2.45) is 0 Å². The molecule has 0 aliphatic heterocycles. The Labute approximate surface area is 640 Å². The summed E-state index contributed by atoms with van der Waals surface area (Å²) in [6.45, 7) is 4.24. The molecule has 5 unspecified atom stereocenters. The summed E-state index contributed by atoms with van der Waals surface area (Å²) in [5.74, 6) is -2.36. The maximum Gasteiger partial charge on any atom is 0.472 e. The van der Waals surface area contributed by atoms with E-state index in [0.717, 1.165) is 180 Å². The number of hydrogen-bond acceptors (Lipinski definition) is 15. The van der Waals surface area contributed by atoms with E-state index >= 15 is 0 Å². The van der Waals surface area contributed by atoms with Gasteiger partial charge in [-0.15, -0.1) is 0 Å². The minimum absolute atomic E-state index is 0.0541. The molecule has 0 rings (SSSR count). The van der Waals surface area contributed by atoms with Crippen molar-refractivity contribution in [3.63, 3.8) is 0 Å². The SMILES string of the molecule is CC/C=C\C/C=C\C/C=C\C/C=C\C/C=C\CCCC(=O)OCC(COP(=O)(O)OCC(O)COP(=O)(O)OCC(COC(=O)CCC/C=C\C/C=C\C/C=C\C/C=C\C/C=C\CC)OC(=O)CCCCCCCCC/C=C\C/C=C\C/C=C\CC)OC(=O)CCCCCCC/C=C\C/C=C\C/C=C\CC. The summed E-state index contributed by atoms with van der Waals surface area (Å²) in [6, 6.07) is 0. The fraction of sp³-hybridized carbons (Fsp3) is 0.586. The third-order valence-electron chi connectivity index (χ3n) is 15.5. The van der Waals surface area contributed by atoms with Crippen LogP contribution in [0, 0.1) is 0 Å². The summed E-state index contributed by atoms with van der Waals surface area (Å²) in [4.78, 5) is 73.0. The van der Waals surface area contributed by atoms with E-state index in [2.05, 4.69) is 198 Å². The van der Waals surface area contributed by atoms with Crippen molar-refractivity contribution < 1.29 is 80.2 Å². The standard InChI is InChI=1S/C87H138O17P2/c1-5-9-13-17-21-25-29-33-37-40-44-47-51-55-59-63-67-71-84(89)97-77-82(103-86(91)73-69-65-61-57-53-49-43-36-32-28-24-20-16-12-8-4)79-101-105(93,94)99-75-81(88)76-100-106(95,96)102-80-83(104-87(92)74-70-66-62-58-54-50-46-42-39-35-31-27-23-19-15-11-7-3)78-98-85(90)72-68-64-60-56-52-48-45-41-38-34-30-26-22-18-14-10-6-2/h9-16,21-28,33-39,43-45,47-48,55-56,59-60,81-83,88H,5-8,17-20,29-32,40-42,46,49-54,57-58,61-80H2,1-4H3,(H,93,94)(H,95,96)/b13-9-,14-10-,15-11-,16-12-,25-21-,26-22-,27-23-,28-24-,37-33-,38-34-,39-35-,43-36-,47-44-,48-45-,59-55-,60-56-. The van der Waals surface area contributed by atoms with Gasteiger partial charge in [-0.2, -0.15) is 0 Å². The molecule has 0 fully saturated rings. The molecule has 0 saturated carbocycles. The second kappa shape index (κ2) is 77.1. The Kier molecular flexibility index (Phi) is 72.6. The highest BCUT2D eigenvalue weighted by Gasteiger charge is 2.30. The van der Waals surface area contributed by atoms with Gasteiger partial charge in [-0.3, -0.25) is 37.3 Å². The van der Waals surface area contributed by atoms with E-state index in [1.54, 1.807) is 0 Å². The minimum Gasteiger partial charge on any atom is -0.462 e. The maximum atomic E-state index is 13.1. The zero-order valence-corrected chi connectivity index (χ0v) is 67.1. The van der Waals surface area contributed by atoms with Crippen LogP contribution in [-0.2, 0) is 65.4 Å². The third kappa shape index (κ3) is 76.1. The molecule has 0 heterocycles. The number of carbonyl (C=O) groups excluding carboxylic acids is 4. The van der Waals surface area contributed by atoms with Crippen LogP contribution in [0.2, 0.25) is 0 Å². The van der Waals surface area contributed by atoms with Crippen LogP contribution in [0.4, 0.5) is 0 Å². The molecule has 5 atom stereocenters. The lowest BCUT2D eigenvalue weighted by molar-refractivity contribution is -0.161. The van der Waals surface area contributed by atoms with Crippen molar-refractivity contribution in [2.45, 2.75) is 290 Å². The molecule has 0 aliphatic rings. The van der Waals surface area contributed by atoms with Crippen LogP contribution >= 0.6 is 15.6 Å². The van der Waals surface area contributed by atoms with Crippen molar-refractivity contribution in [3.05, 3.63) is 194 Å². The fourth-order valence-corrected chi connectivity index (χ4v) is 11.3. The molecule has 0 aromatic heterocycles. The predicted molar refractivity (Wildman–Crippen MR) is 436 cm³/mol. The monoisotopic (exact) mass is 1520 g/mol. The Hall–Kier alpha value is -6.10. The lowest BCUT2D eigenvalue weighted by Crippen LogP contribution is -2.30. The molecular weight excluding hydrogens is 1380 g/mol. The Morgan fingerprint density at radius 1 is 0.264 bits per heavy atom. The highest BCUT2D eigenvalue weighted by atomic mass is 31.2. The number of allylic oxidation sites excluding steroid dienone is 32. The molecule has 0 radical (unpaired) electrons. The maximum absolute atomic E-state index is 13.1. The van der Waals surface area contributed by atoms with E-state index in [0.29, 0.717) is 38.5 Å². The van der Waals surface area contributed by atoms with Gasteiger partial charge in [-0.05, 0) is 167 Å². The van der Waals surface area contributed by atoms with Gasteiger partial charge in [0.15, 0.2) is 12.2 Å². The normalized spacial score (nSPS) is 14.9. The Morgan fingerprint density at radius 2 is 0.472 bits per heavy atom. The van der Waals surface area contributed by atoms with Gasteiger partial charge < -0.3 is 33.8 Å². The highest BCUT2D eigenvalue weighted by molar-refractivity contribution is 7.47. The number of esters is 4. The van der Waals surface area contributed by atoms with Crippen LogP contribution in [-0.4, -0.2) is 96.7 Å². The Morgan fingerprint density at radius 3 is 0.736 bits per heavy atom. The van der Waals surface area contributed by atoms with E-state index in [9.17, 15) is 43.2 Å². The molecule has 17 nitrogen and oxygen atoms in total. The first-order valence-corrected chi connectivity index (χ1v) is 42.7. The van der Waals surface area contributed by atoms with Gasteiger partial charge in [0.2, 0.25) is 0 Å². The van der Waals surface area contributed by atoms with Crippen LogP contribution in [0.25, 0.3) is 0 Å². The average Bonchev–Trinajstić information content (AvgIpc) is 0.901. The van der Waals surface area contributed by atoms with Gasteiger partial charge in [-0.1, -0.05) is 273 Å². The molecule has 0 aliphatic carbocycles. The summed E-state index contributed by atoms with van der Waals surface area (Å²) in [5, 5.41) is 10.6. The summed E-state index contributed by atoms with van der Waals surface area (Å²) in [5.41, 5.74) is 0. The predicted octanol–water partition coefficient (Wildman–Crippen LogP) is 23.3. The van der Waals surface area contributed by atoms with Gasteiger partial charge in [0, 0.05) is 25.7 Å². The molecule has 598 valence electrons. The van der Waals surface area contributed by atoms with E-state index in [1.165, 1.54) is 0 Å². The lowest BCUT2D eigenvalue weighted by atomic mass is 10.1. The van der Waals surface area contributed by atoms with Crippen molar-refractivity contribution in [1.29, 1.82) is 0 Å². The Bertz CT molecular complexity index is 2780. The number of unbranched alkanes of at least 4 members (excludes halogenated alkanes) is 14. The van der Waals surface area contributed by atoms with Gasteiger partial charge >= 0.3 is 39.5 Å².